The number of ether oxygens (including phenoxy) is 1. The Hall–Kier alpha value is -1.04. The van der Waals surface area contributed by atoms with Crippen molar-refractivity contribution in [1.29, 1.82) is 0 Å². The lowest BCUT2D eigenvalue weighted by molar-refractivity contribution is 0.264. The van der Waals surface area contributed by atoms with E-state index in [0.717, 1.165) is 30.8 Å². The number of anilines is 1. The van der Waals surface area contributed by atoms with E-state index in [1.807, 2.05) is 24.3 Å². The first-order chi connectivity index (χ1) is 9.21. The Morgan fingerprint density at radius 3 is 2.26 bits per heavy atom. The van der Waals surface area contributed by atoms with Crippen molar-refractivity contribution in [3.63, 3.8) is 0 Å². The van der Waals surface area contributed by atoms with E-state index in [1.54, 1.807) is 21.3 Å². The molecule has 1 unspecified atom stereocenters. The second-order valence-corrected chi connectivity index (χ2v) is 7.43. The average molecular weight is 283 g/mol. The van der Waals surface area contributed by atoms with E-state index < -0.39 is 9.28 Å². The van der Waals surface area contributed by atoms with E-state index in [2.05, 4.69) is 12.2 Å². The molecule has 1 aromatic carbocycles. The molecule has 0 aliphatic carbocycles. The molecule has 0 fully saturated rings. The van der Waals surface area contributed by atoms with E-state index in [1.165, 1.54) is 0 Å². The quantitative estimate of drug-likeness (QED) is 0.559. The van der Waals surface area contributed by atoms with Crippen molar-refractivity contribution in [2.24, 2.45) is 0 Å². The highest BCUT2D eigenvalue weighted by Crippen LogP contribution is 2.18. The molecule has 0 saturated heterocycles. The van der Waals surface area contributed by atoms with Gasteiger partial charge in [0.25, 0.3) is 0 Å². The summed E-state index contributed by atoms with van der Waals surface area (Å²) >= 11 is 0. The highest BCUT2D eigenvalue weighted by Gasteiger charge is 2.18. The van der Waals surface area contributed by atoms with Gasteiger partial charge in [-0.2, -0.15) is 0 Å². The molecule has 0 spiro atoms. The smallest absolute Gasteiger partial charge is 0.323 e. The maximum Gasteiger partial charge on any atom is 0.323 e. The number of nitrogens with one attached hydrogen (secondary N) is 1. The van der Waals surface area contributed by atoms with Crippen LogP contribution in [-0.4, -0.2) is 37.2 Å². The van der Waals surface area contributed by atoms with Crippen molar-refractivity contribution in [3.8, 4) is 5.75 Å². The van der Waals surface area contributed by atoms with E-state index >= 15 is 0 Å². The lowest BCUT2D eigenvalue weighted by atomic mass is 10.2. The summed E-state index contributed by atoms with van der Waals surface area (Å²) in [6.07, 6.45) is 2.24. The standard InChI is InChI=1S/C14H25NO3Si/c1-12(19(17-3)18-4)6-5-11-15-13-7-9-14(16-2)10-8-13/h7-10,12,15,19H,5-6,11H2,1-4H3. The van der Waals surface area contributed by atoms with Crippen molar-refractivity contribution in [2.75, 3.05) is 33.2 Å². The monoisotopic (exact) mass is 283 g/mol. The van der Waals surface area contributed by atoms with Gasteiger partial charge in [0, 0.05) is 26.5 Å². The first kappa shape index (κ1) is 16.0. The van der Waals surface area contributed by atoms with Crippen molar-refractivity contribution in [2.45, 2.75) is 25.3 Å². The van der Waals surface area contributed by atoms with E-state index in [-0.39, 0.29) is 0 Å². The van der Waals surface area contributed by atoms with Gasteiger partial charge in [0.15, 0.2) is 0 Å². The molecule has 19 heavy (non-hydrogen) atoms. The molecule has 0 amide bonds. The Balaban J connectivity index is 2.22. The minimum absolute atomic E-state index is 0.535. The summed E-state index contributed by atoms with van der Waals surface area (Å²) in [5.41, 5.74) is 1.66. The first-order valence-electron chi connectivity index (χ1n) is 6.64. The summed E-state index contributed by atoms with van der Waals surface area (Å²) in [7, 11) is 3.70. The third kappa shape index (κ3) is 5.63. The Morgan fingerprint density at radius 1 is 1.11 bits per heavy atom. The minimum atomic E-state index is -1.46. The molecule has 108 valence electrons. The van der Waals surface area contributed by atoms with Crippen LogP contribution in [0.3, 0.4) is 0 Å². The Bertz CT molecular complexity index is 341. The molecule has 0 radical (unpaired) electrons. The van der Waals surface area contributed by atoms with Gasteiger partial charge in [-0.3, -0.25) is 0 Å². The fourth-order valence-corrected chi connectivity index (χ4v) is 3.69. The molecule has 5 heteroatoms. The summed E-state index contributed by atoms with van der Waals surface area (Å²) in [5, 5.41) is 3.40. The fraction of sp³-hybridized carbons (Fsp3) is 0.571. The van der Waals surface area contributed by atoms with Crippen LogP contribution in [0.25, 0.3) is 0 Å². The predicted molar refractivity (Wildman–Crippen MR) is 81.3 cm³/mol. The third-order valence-corrected chi connectivity index (χ3v) is 5.38. The van der Waals surface area contributed by atoms with Crippen LogP contribution in [0.2, 0.25) is 5.54 Å². The first-order valence-corrected chi connectivity index (χ1v) is 8.25. The van der Waals surface area contributed by atoms with Crippen LogP contribution < -0.4 is 10.1 Å². The molecular weight excluding hydrogens is 258 g/mol. The number of benzene rings is 1. The normalized spacial score (nSPS) is 12.5. The van der Waals surface area contributed by atoms with Crippen LogP contribution in [0.15, 0.2) is 24.3 Å². The summed E-state index contributed by atoms with van der Waals surface area (Å²) in [5.74, 6) is 0.883. The molecule has 0 saturated carbocycles. The average Bonchev–Trinajstić information content (AvgIpc) is 2.45. The second kappa shape index (κ2) is 8.96. The van der Waals surface area contributed by atoms with Crippen molar-refractivity contribution >= 4 is 15.0 Å². The van der Waals surface area contributed by atoms with Gasteiger partial charge >= 0.3 is 9.28 Å². The third-order valence-electron chi connectivity index (χ3n) is 3.18. The van der Waals surface area contributed by atoms with Crippen LogP contribution >= 0.6 is 0 Å². The number of hydrogen-bond donors (Lipinski definition) is 1. The maximum absolute atomic E-state index is 5.38. The van der Waals surface area contributed by atoms with Crippen molar-refractivity contribution in [1.82, 2.24) is 0 Å². The minimum Gasteiger partial charge on any atom is -0.497 e. The summed E-state index contributed by atoms with van der Waals surface area (Å²) < 4.78 is 15.9. The molecule has 1 N–H and O–H groups in total. The lowest BCUT2D eigenvalue weighted by Gasteiger charge is -2.18. The number of hydrogen-bond acceptors (Lipinski definition) is 4. The zero-order valence-corrected chi connectivity index (χ0v) is 13.5. The summed E-state index contributed by atoms with van der Waals surface area (Å²) in [6.45, 7) is 3.17. The largest absolute Gasteiger partial charge is 0.497 e. The molecule has 0 aromatic heterocycles. The Morgan fingerprint density at radius 2 is 1.74 bits per heavy atom. The maximum atomic E-state index is 5.38. The van der Waals surface area contributed by atoms with Gasteiger partial charge < -0.3 is 18.9 Å². The van der Waals surface area contributed by atoms with Crippen molar-refractivity contribution in [3.05, 3.63) is 24.3 Å². The Kier molecular flexibility index (Phi) is 7.55. The SMILES string of the molecule is COc1ccc(NCCCC(C)[SiH](OC)OC)cc1. The van der Waals surface area contributed by atoms with Gasteiger partial charge in [-0.05, 0) is 42.6 Å². The topological polar surface area (TPSA) is 39.7 Å². The van der Waals surface area contributed by atoms with Crippen LogP contribution in [0.4, 0.5) is 5.69 Å². The Labute approximate surface area is 117 Å². The molecule has 1 aromatic rings. The van der Waals surface area contributed by atoms with Gasteiger partial charge in [-0.1, -0.05) is 6.92 Å². The number of rotatable bonds is 9. The molecule has 0 heterocycles. The van der Waals surface area contributed by atoms with Gasteiger partial charge in [0.1, 0.15) is 5.75 Å². The highest BCUT2D eigenvalue weighted by molar-refractivity contribution is 6.46. The van der Waals surface area contributed by atoms with Crippen LogP contribution in [0, 0.1) is 0 Å². The van der Waals surface area contributed by atoms with Crippen LogP contribution in [-0.2, 0) is 8.85 Å². The van der Waals surface area contributed by atoms with Gasteiger partial charge in [0.05, 0.1) is 7.11 Å². The molecule has 1 rings (SSSR count). The molecule has 0 aliphatic rings. The van der Waals surface area contributed by atoms with Crippen molar-refractivity contribution < 1.29 is 13.6 Å². The van der Waals surface area contributed by atoms with E-state index in [9.17, 15) is 0 Å². The summed E-state index contributed by atoms with van der Waals surface area (Å²) in [6, 6.07) is 7.99. The van der Waals surface area contributed by atoms with Crippen LogP contribution in [0.5, 0.6) is 5.75 Å². The van der Waals surface area contributed by atoms with Crippen LogP contribution in [0.1, 0.15) is 19.8 Å². The van der Waals surface area contributed by atoms with E-state index in [0.29, 0.717) is 5.54 Å². The fourth-order valence-electron chi connectivity index (χ4n) is 2.06. The van der Waals surface area contributed by atoms with Gasteiger partial charge in [-0.15, -0.1) is 0 Å². The zero-order chi connectivity index (χ0) is 14.1. The van der Waals surface area contributed by atoms with E-state index in [4.69, 9.17) is 13.6 Å². The summed E-state index contributed by atoms with van der Waals surface area (Å²) in [4.78, 5) is 0. The molecular formula is C14H25NO3Si. The molecule has 0 bridgehead atoms. The van der Waals surface area contributed by atoms with Gasteiger partial charge in [-0.25, -0.2) is 0 Å². The van der Waals surface area contributed by atoms with Gasteiger partial charge in [0.2, 0.25) is 0 Å². The lowest BCUT2D eigenvalue weighted by Crippen LogP contribution is -2.24. The number of methoxy groups -OCH3 is 1. The zero-order valence-electron chi connectivity index (χ0n) is 12.3. The predicted octanol–water partition coefficient (Wildman–Crippen LogP) is 2.79. The second-order valence-electron chi connectivity index (χ2n) is 4.61. The molecule has 1 atom stereocenters. The molecule has 0 aliphatic heterocycles. The highest BCUT2D eigenvalue weighted by atomic mass is 28.3. The molecule has 4 nitrogen and oxygen atoms in total.